The summed E-state index contributed by atoms with van der Waals surface area (Å²) in [4.78, 5) is 23.0. The molecule has 2 fully saturated rings. The Balaban J connectivity index is 2.08. The lowest BCUT2D eigenvalue weighted by Gasteiger charge is -2.39. The molecule has 26 heavy (non-hydrogen) atoms. The van der Waals surface area contributed by atoms with Gasteiger partial charge in [0.1, 0.15) is 9.75 Å². The highest BCUT2D eigenvalue weighted by Gasteiger charge is 2.85. The lowest BCUT2D eigenvalue weighted by Crippen LogP contribution is -2.52. The van der Waals surface area contributed by atoms with Crippen molar-refractivity contribution in [3.05, 3.63) is 10.1 Å². The third-order valence-electron chi connectivity index (χ3n) is 5.94. The van der Waals surface area contributed by atoms with E-state index in [1.54, 1.807) is 7.05 Å². The average Bonchev–Trinajstić information content (AvgIpc) is 2.81. The van der Waals surface area contributed by atoms with Crippen molar-refractivity contribution in [2.45, 2.75) is 52.2 Å². The number of carboxylic acid groups (broad SMARTS) is 1. The SMILES string of the molecule is CN(C(=O)[C@@H]1[C@H](C(=O)O)[C@]2(Cl)C(Cl)=C(Cl)[C@]1(Cl)C2(Cl)Cl)C1CCCCC1. The first-order chi connectivity index (χ1) is 11.9. The van der Waals surface area contributed by atoms with Crippen LogP contribution in [0.15, 0.2) is 10.1 Å². The highest BCUT2D eigenvalue weighted by atomic mass is 35.5. The van der Waals surface area contributed by atoms with E-state index in [1.165, 1.54) is 4.90 Å². The molecule has 0 heterocycles. The maximum absolute atomic E-state index is 13.3. The van der Waals surface area contributed by atoms with E-state index in [2.05, 4.69) is 0 Å². The Morgan fingerprint density at radius 2 is 1.42 bits per heavy atom. The fraction of sp³-hybridized carbons (Fsp3) is 0.750. The minimum Gasteiger partial charge on any atom is -0.481 e. The standard InChI is InChI=1S/C16H17Cl6NO3/c1-23(7-5-3-2-4-6-7)12(24)8-9(13(25)26)15(20)11(18)10(17)14(8,19)16(15,21)22/h7-9H,2-6H2,1H3,(H,25,26)/t8-,9+,14-,15-/m0/s1. The second-order valence-corrected chi connectivity index (χ2v) is 10.4. The molecule has 2 bridgehead atoms. The van der Waals surface area contributed by atoms with Crippen LogP contribution in [0.2, 0.25) is 0 Å². The maximum Gasteiger partial charge on any atom is 0.309 e. The van der Waals surface area contributed by atoms with Crippen LogP contribution in [0.25, 0.3) is 0 Å². The predicted octanol–water partition coefficient (Wildman–Crippen LogP) is 4.94. The highest BCUT2D eigenvalue weighted by Crippen LogP contribution is 2.76. The normalized spacial score (nSPS) is 39.3. The summed E-state index contributed by atoms with van der Waals surface area (Å²) >= 11 is 38.5. The van der Waals surface area contributed by atoms with Crippen molar-refractivity contribution in [3.63, 3.8) is 0 Å². The fourth-order valence-electron chi connectivity index (χ4n) is 4.48. The van der Waals surface area contributed by atoms with Crippen LogP contribution in [0.4, 0.5) is 0 Å². The molecule has 0 spiro atoms. The summed E-state index contributed by atoms with van der Waals surface area (Å²) in [6, 6.07) is -0.00496. The summed E-state index contributed by atoms with van der Waals surface area (Å²) in [7, 11) is 1.63. The summed E-state index contributed by atoms with van der Waals surface area (Å²) in [5.41, 5.74) is 0. The van der Waals surface area contributed by atoms with Crippen LogP contribution in [-0.2, 0) is 9.59 Å². The Hall–Kier alpha value is 0.420. The van der Waals surface area contributed by atoms with Gasteiger partial charge >= 0.3 is 5.97 Å². The van der Waals surface area contributed by atoms with Crippen molar-refractivity contribution in [1.82, 2.24) is 4.90 Å². The molecule has 0 saturated heterocycles. The summed E-state index contributed by atoms with van der Waals surface area (Å²) in [6.45, 7) is 0. The van der Waals surface area contributed by atoms with E-state index in [4.69, 9.17) is 69.6 Å². The first kappa shape index (κ1) is 21.1. The molecule has 0 aliphatic heterocycles. The Bertz CT molecular complexity index is 691. The Morgan fingerprint density at radius 3 is 1.88 bits per heavy atom. The van der Waals surface area contributed by atoms with Gasteiger partial charge in [0, 0.05) is 13.1 Å². The van der Waals surface area contributed by atoms with Crippen molar-refractivity contribution >= 4 is 81.5 Å². The molecule has 3 aliphatic carbocycles. The van der Waals surface area contributed by atoms with Gasteiger partial charge in [0.25, 0.3) is 0 Å². The van der Waals surface area contributed by atoms with Crippen LogP contribution in [0.5, 0.6) is 0 Å². The molecule has 0 radical (unpaired) electrons. The molecule has 0 unspecified atom stereocenters. The second-order valence-electron chi connectivity index (χ2n) is 7.16. The Kier molecular flexibility index (Phi) is 5.48. The van der Waals surface area contributed by atoms with E-state index in [0.717, 1.165) is 32.1 Å². The molecule has 3 aliphatic rings. The number of halogens is 6. The quantitative estimate of drug-likeness (QED) is 0.578. The largest absolute Gasteiger partial charge is 0.481 e. The Morgan fingerprint density at radius 1 is 0.962 bits per heavy atom. The zero-order valence-corrected chi connectivity index (χ0v) is 18.3. The number of aliphatic carboxylic acids is 1. The highest BCUT2D eigenvalue weighted by molar-refractivity contribution is 6.66. The number of carbonyl (C=O) groups excluding carboxylic acids is 1. The van der Waals surface area contributed by atoms with Crippen molar-refractivity contribution in [2.24, 2.45) is 11.8 Å². The van der Waals surface area contributed by atoms with Crippen LogP contribution >= 0.6 is 69.6 Å². The minimum absolute atomic E-state index is 0.00496. The van der Waals surface area contributed by atoms with Gasteiger partial charge < -0.3 is 10.0 Å². The first-order valence-electron chi connectivity index (χ1n) is 8.25. The van der Waals surface area contributed by atoms with Gasteiger partial charge in [0.2, 0.25) is 5.91 Å². The van der Waals surface area contributed by atoms with Gasteiger partial charge in [-0.15, -0.1) is 23.2 Å². The van der Waals surface area contributed by atoms with Gasteiger partial charge in [-0.2, -0.15) is 0 Å². The summed E-state index contributed by atoms with van der Waals surface area (Å²) < 4.78 is -2.06. The third kappa shape index (κ3) is 2.42. The lowest BCUT2D eigenvalue weighted by atomic mass is 9.80. The number of allylic oxidation sites excluding steroid dienone is 2. The number of fused-ring (bicyclic) bond motifs is 2. The van der Waals surface area contributed by atoms with Crippen LogP contribution in [-0.4, -0.2) is 49.1 Å². The van der Waals surface area contributed by atoms with E-state index in [0.29, 0.717) is 0 Å². The Labute approximate surface area is 181 Å². The number of carboxylic acids is 1. The van der Waals surface area contributed by atoms with Crippen LogP contribution in [0.3, 0.4) is 0 Å². The van der Waals surface area contributed by atoms with Crippen molar-refractivity contribution < 1.29 is 14.7 Å². The lowest BCUT2D eigenvalue weighted by molar-refractivity contribution is -0.151. The van der Waals surface area contributed by atoms with Gasteiger partial charge in [-0.05, 0) is 12.8 Å². The molecular weight excluding hydrogens is 467 g/mol. The fourth-order valence-corrected chi connectivity index (χ4v) is 7.41. The molecule has 0 aromatic carbocycles. The third-order valence-corrected chi connectivity index (χ3v) is 10.2. The van der Waals surface area contributed by atoms with E-state index >= 15 is 0 Å². The summed E-state index contributed by atoms with van der Waals surface area (Å²) in [5, 5.41) is 9.41. The van der Waals surface area contributed by atoms with Gasteiger partial charge in [-0.3, -0.25) is 9.59 Å². The number of amides is 1. The number of rotatable bonds is 3. The van der Waals surface area contributed by atoms with Crippen molar-refractivity contribution in [3.8, 4) is 0 Å². The maximum atomic E-state index is 13.3. The molecule has 0 aromatic rings. The summed E-state index contributed by atoms with van der Waals surface area (Å²) in [6.07, 6.45) is 4.79. The second kappa shape index (κ2) is 6.74. The zero-order valence-electron chi connectivity index (χ0n) is 13.7. The van der Waals surface area contributed by atoms with Gasteiger partial charge in [0.05, 0.1) is 21.9 Å². The van der Waals surface area contributed by atoms with Crippen LogP contribution in [0.1, 0.15) is 32.1 Å². The summed E-state index contributed by atoms with van der Waals surface area (Å²) in [5.74, 6) is -4.69. The molecular formula is C16H17Cl6NO3. The molecule has 4 atom stereocenters. The van der Waals surface area contributed by atoms with Crippen LogP contribution < -0.4 is 0 Å². The monoisotopic (exact) mass is 481 g/mol. The van der Waals surface area contributed by atoms with Gasteiger partial charge in [0.15, 0.2) is 4.33 Å². The molecule has 3 rings (SSSR count). The smallest absolute Gasteiger partial charge is 0.309 e. The number of nitrogens with zero attached hydrogens (tertiary/aromatic N) is 1. The van der Waals surface area contributed by atoms with E-state index in [1.807, 2.05) is 0 Å². The average molecular weight is 484 g/mol. The molecule has 1 amide bonds. The van der Waals surface area contributed by atoms with E-state index in [9.17, 15) is 14.7 Å². The predicted molar refractivity (Wildman–Crippen MR) is 105 cm³/mol. The van der Waals surface area contributed by atoms with Gasteiger partial charge in [-0.25, -0.2) is 0 Å². The van der Waals surface area contributed by atoms with Crippen molar-refractivity contribution in [1.29, 1.82) is 0 Å². The number of hydrogen-bond donors (Lipinski definition) is 1. The molecule has 1 N–H and O–H groups in total. The topological polar surface area (TPSA) is 57.6 Å². The van der Waals surface area contributed by atoms with Crippen molar-refractivity contribution in [2.75, 3.05) is 7.05 Å². The zero-order chi connectivity index (χ0) is 19.7. The van der Waals surface area contributed by atoms with E-state index in [-0.39, 0.29) is 16.1 Å². The molecule has 10 heteroatoms. The minimum atomic E-state index is -2.06. The molecule has 146 valence electrons. The number of alkyl halides is 4. The number of carbonyl (C=O) groups is 2. The number of hydrogen-bond acceptors (Lipinski definition) is 2. The molecule has 2 saturated carbocycles. The molecule has 4 nitrogen and oxygen atoms in total. The van der Waals surface area contributed by atoms with Gasteiger partial charge in [-0.1, -0.05) is 65.7 Å². The first-order valence-corrected chi connectivity index (χ1v) is 10.5. The van der Waals surface area contributed by atoms with Crippen LogP contribution in [0, 0.1) is 11.8 Å². The molecule has 0 aromatic heterocycles. The van der Waals surface area contributed by atoms with E-state index < -0.39 is 37.8 Å².